The second kappa shape index (κ2) is 7.90. The van der Waals surface area contributed by atoms with Gasteiger partial charge in [0.1, 0.15) is 0 Å². The zero-order valence-electron chi connectivity index (χ0n) is 16.5. The van der Waals surface area contributed by atoms with Gasteiger partial charge >= 0.3 is 6.18 Å². The van der Waals surface area contributed by atoms with Gasteiger partial charge in [-0.25, -0.2) is 4.68 Å². The summed E-state index contributed by atoms with van der Waals surface area (Å²) in [4.78, 5) is 24.7. The molecule has 2 N–H and O–H groups in total. The van der Waals surface area contributed by atoms with Gasteiger partial charge in [-0.15, -0.1) is 0 Å². The fourth-order valence-electron chi connectivity index (χ4n) is 3.11. The third-order valence-electron chi connectivity index (χ3n) is 4.99. The van der Waals surface area contributed by atoms with Crippen LogP contribution in [0.3, 0.4) is 0 Å². The highest BCUT2D eigenvalue weighted by atomic mass is 19.4. The molecular weight excluding hydrogens is 409 g/mol. The molecule has 4 rings (SSSR count). The molecule has 1 aromatic heterocycles. The van der Waals surface area contributed by atoms with E-state index in [-0.39, 0.29) is 23.2 Å². The van der Waals surface area contributed by atoms with Gasteiger partial charge in [0, 0.05) is 17.3 Å². The Morgan fingerprint density at radius 2 is 1.77 bits per heavy atom. The minimum atomic E-state index is -4.47. The molecule has 1 aliphatic rings. The Bertz CT molecular complexity index is 1130. The molecule has 1 heterocycles. The Kier molecular flexibility index (Phi) is 5.26. The first-order chi connectivity index (χ1) is 14.7. The Morgan fingerprint density at radius 1 is 1.06 bits per heavy atom. The summed E-state index contributed by atoms with van der Waals surface area (Å²) in [6.07, 6.45) is -1.18. The van der Waals surface area contributed by atoms with E-state index in [1.165, 1.54) is 23.0 Å². The van der Waals surface area contributed by atoms with Gasteiger partial charge in [0.15, 0.2) is 0 Å². The SMILES string of the molecule is Cc1c(C(=O)Nc2ccc(C(=O)NC3CC3)cc2)cnn1-c1cccc(C(F)(F)F)c1. The van der Waals surface area contributed by atoms with Crippen LogP contribution in [0.5, 0.6) is 0 Å². The molecule has 0 saturated heterocycles. The summed E-state index contributed by atoms with van der Waals surface area (Å²) in [5.74, 6) is -0.607. The number of nitrogens with one attached hydrogen (secondary N) is 2. The van der Waals surface area contributed by atoms with Crippen LogP contribution in [0, 0.1) is 6.92 Å². The molecule has 0 atom stereocenters. The van der Waals surface area contributed by atoms with Crippen molar-refractivity contribution in [3.8, 4) is 5.69 Å². The summed E-state index contributed by atoms with van der Waals surface area (Å²) in [5.41, 5.74) is 1.02. The molecule has 2 aromatic carbocycles. The van der Waals surface area contributed by atoms with E-state index < -0.39 is 17.6 Å². The highest BCUT2D eigenvalue weighted by Gasteiger charge is 2.31. The van der Waals surface area contributed by atoms with Crippen LogP contribution >= 0.6 is 0 Å². The average Bonchev–Trinajstić information content (AvgIpc) is 3.46. The number of nitrogens with zero attached hydrogens (tertiary/aromatic N) is 2. The lowest BCUT2D eigenvalue weighted by molar-refractivity contribution is -0.137. The number of anilines is 1. The molecule has 1 aliphatic carbocycles. The van der Waals surface area contributed by atoms with Crippen molar-refractivity contribution in [2.75, 3.05) is 5.32 Å². The van der Waals surface area contributed by atoms with Gasteiger partial charge in [-0.3, -0.25) is 9.59 Å². The monoisotopic (exact) mass is 428 g/mol. The first kappa shape index (κ1) is 20.6. The van der Waals surface area contributed by atoms with Crippen LogP contribution in [0.15, 0.2) is 54.7 Å². The number of benzene rings is 2. The Morgan fingerprint density at radius 3 is 2.42 bits per heavy atom. The Hall–Kier alpha value is -3.62. The maximum Gasteiger partial charge on any atom is 0.416 e. The molecular formula is C22H19F3N4O2. The molecule has 6 nitrogen and oxygen atoms in total. The van der Waals surface area contributed by atoms with Crippen molar-refractivity contribution in [2.24, 2.45) is 0 Å². The molecule has 1 fully saturated rings. The van der Waals surface area contributed by atoms with Crippen molar-refractivity contribution in [1.29, 1.82) is 0 Å². The maximum atomic E-state index is 13.0. The molecule has 1 saturated carbocycles. The molecule has 3 aromatic rings. The number of alkyl halides is 3. The molecule has 160 valence electrons. The lowest BCUT2D eigenvalue weighted by atomic mass is 10.1. The molecule has 0 bridgehead atoms. The number of amides is 2. The van der Waals surface area contributed by atoms with Gasteiger partial charge in [0.2, 0.25) is 0 Å². The van der Waals surface area contributed by atoms with E-state index in [0.29, 0.717) is 16.9 Å². The van der Waals surface area contributed by atoms with Crippen molar-refractivity contribution in [3.05, 3.63) is 77.1 Å². The van der Waals surface area contributed by atoms with Crippen LogP contribution in [-0.4, -0.2) is 27.6 Å². The predicted octanol–water partition coefficient (Wildman–Crippen LogP) is 4.34. The molecule has 31 heavy (non-hydrogen) atoms. The number of halogens is 3. The minimum Gasteiger partial charge on any atom is -0.349 e. The number of carbonyl (C=O) groups excluding carboxylic acids is 2. The lowest BCUT2D eigenvalue weighted by Crippen LogP contribution is -2.25. The van der Waals surface area contributed by atoms with Crippen molar-refractivity contribution < 1.29 is 22.8 Å². The van der Waals surface area contributed by atoms with E-state index in [1.54, 1.807) is 31.2 Å². The van der Waals surface area contributed by atoms with Crippen molar-refractivity contribution >= 4 is 17.5 Å². The third kappa shape index (κ3) is 4.60. The topological polar surface area (TPSA) is 76.0 Å². The largest absolute Gasteiger partial charge is 0.416 e. The van der Waals surface area contributed by atoms with Crippen molar-refractivity contribution in [2.45, 2.75) is 32.0 Å². The summed E-state index contributed by atoms with van der Waals surface area (Å²) in [5, 5.41) is 9.68. The molecule has 0 radical (unpaired) electrons. The molecule has 2 amide bonds. The average molecular weight is 428 g/mol. The smallest absolute Gasteiger partial charge is 0.349 e. The van der Waals surface area contributed by atoms with E-state index in [1.807, 2.05) is 0 Å². The van der Waals surface area contributed by atoms with Crippen LogP contribution in [0.2, 0.25) is 0 Å². The zero-order valence-corrected chi connectivity index (χ0v) is 16.5. The quantitative estimate of drug-likeness (QED) is 0.635. The standard InChI is InChI=1S/C22H19F3N4O2/c1-13-19(12-26-29(13)18-4-2-3-15(11-18)22(23,24)25)21(31)28-16-7-5-14(6-8-16)20(30)27-17-9-10-17/h2-8,11-12,17H,9-10H2,1H3,(H,27,30)(H,28,31). The number of rotatable bonds is 5. The second-order valence-electron chi connectivity index (χ2n) is 7.38. The van der Waals surface area contributed by atoms with Crippen LogP contribution in [0.25, 0.3) is 5.69 Å². The van der Waals surface area contributed by atoms with E-state index in [4.69, 9.17) is 0 Å². The number of carbonyl (C=O) groups is 2. The minimum absolute atomic E-state index is 0.154. The van der Waals surface area contributed by atoms with Gasteiger partial charge < -0.3 is 10.6 Å². The van der Waals surface area contributed by atoms with Gasteiger partial charge in [0.05, 0.1) is 28.7 Å². The maximum absolute atomic E-state index is 13.0. The van der Waals surface area contributed by atoms with E-state index >= 15 is 0 Å². The van der Waals surface area contributed by atoms with Crippen LogP contribution in [0.1, 0.15) is 44.8 Å². The summed E-state index contributed by atoms with van der Waals surface area (Å²) >= 11 is 0. The summed E-state index contributed by atoms with van der Waals surface area (Å²) < 4.78 is 40.2. The van der Waals surface area contributed by atoms with Crippen molar-refractivity contribution in [3.63, 3.8) is 0 Å². The van der Waals surface area contributed by atoms with E-state index in [2.05, 4.69) is 15.7 Å². The number of aromatic nitrogens is 2. The van der Waals surface area contributed by atoms with Gasteiger partial charge in [-0.2, -0.15) is 18.3 Å². The van der Waals surface area contributed by atoms with E-state index in [0.717, 1.165) is 25.0 Å². The third-order valence-corrected chi connectivity index (χ3v) is 4.99. The first-order valence-electron chi connectivity index (χ1n) is 9.67. The zero-order chi connectivity index (χ0) is 22.2. The van der Waals surface area contributed by atoms with Gasteiger partial charge in [-0.1, -0.05) is 6.07 Å². The van der Waals surface area contributed by atoms with E-state index in [9.17, 15) is 22.8 Å². The summed E-state index contributed by atoms with van der Waals surface area (Å²) in [6, 6.07) is 11.5. The Labute approximate surface area is 176 Å². The normalized spacial score (nSPS) is 13.7. The number of hydrogen-bond donors (Lipinski definition) is 2. The summed E-state index contributed by atoms with van der Waals surface area (Å²) in [6.45, 7) is 1.60. The van der Waals surface area contributed by atoms with Gasteiger partial charge in [-0.05, 0) is 62.2 Å². The first-order valence-corrected chi connectivity index (χ1v) is 9.67. The van der Waals surface area contributed by atoms with Crippen LogP contribution < -0.4 is 10.6 Å². The highest BCUT2D eigenvalue weighted by molar-refractivity contribution is 6.05. The molecule has 9 heteroatoms. The van der Waals surface area contributed by atoms with Crippen molar-refractivity contribution in [1.82, 2.24) is 15.1 Å². The second-order valence-corrected chi connectivity index (χ2v) is 7.38. The summed E-state index contributed by atoms with van der Waals surface area (Å²) in [7, 11) is 0. The Balaban J connectivity index is 1.49. The fraction of sp³-hybridized carbons (Fsp3) is 0.227. The molecule has 0 unspecified atom stereocenters. The van der Waals surface area contributed by atoms with Gasteiger partial charge in [0.25, 0.3) is 11.8 Å². The lowest BCUT2D eigenvalue weighted by Gasteiger charge is -2.10. The number of hydrogen-bond acceptors (Lipinski definition) is 3. The highest BCUT2D eigenvalue weighted by Crippen LogP contribution is 2.30. The van der Waals surface area contributed by atoms with Crippen LogP contribution in [0.4, 0.5) is 18.9 Å². The predicted molar refractivity (Wildman–Crippen MR) is 108 cm³/mol. The fourth-order valence-corrected chi connectivity index (χ4v) is 3.11. The molecule has 0 aliphatic heterocycles. The van der Waals surface area contributed by atoms with Crippen LogP contribution in [-0.2, 0) is 6.18 Å². The molecule has 0 spiro atoms.